The van der Waals surface area contributed by atoms with Crippen molar-refractivity contribution in [2.75, 3.05) is 4.90 Å². The smallest absolute Gasteiger partial charge is 0.424 e. The average Bonchev–Trinajstić information content (AvgIpc) is 2.29. The Balaban J connectivity index is 3.22. The van der Waals surface area contributed by atoms with Crippen LogP contribution in [0.4, 0.5) is 24.1 Å². The molecule has 2 amide bonds. The summed E-state index contributed by atoms with van der Waals surface area (Å²) in [5.41, 5.74) is -1.95. The number of benzene rings is 1. The highest BCUT2D eigenvalue weighted by Crippen LogP contribution is 2.23. The van der Waals surface area contributed by atoms with Gasteiger partial charge in [-0.1, -0.05) is 0 Å². The molecule has 7 heteroatoms. The summed E-state index contributed by atoms with van der Waals surface area (Å²) in [5, 5.41) is 0. The van der Waals surface area contributed by atoms with Gasteiger partial charge < -0.3 is 9.47 Å². The fraction of sp³-hybridized carbons (Fsp3) is 0.500. The standard InChI is InChI=1S/C16H21F2NO4/c1-15(2,3)22-13(20)19(14(21)23-16(4,5)6)10-7-8-11(17)12(18)9-10/h7-9H,1-6H3. The van der Waals surface area contributed by atoms with Gasteiger partial charge in [0.1, 0.15) is 11.2 Å². The first-order valence-corrected chi connectivity index (χ1v) is 7.01. The summed E-state index contributed by atoms with van der Waals surface area (Å²) in [6, 6.07) is 2.63. The van der Waals surface area contributed by atoms with Crippen molar-refractivity contribution in [1.29, 1.82) is 0 Å². The highest BCUT2D eigenvalue weighted by atomic mass is 19.2. The predicted molar refractivity (Wildman–Crippen MR) is 81.3 cm³/mol. The lowest BCUT2D eigenvalue weighted by atomic mass is 10.2. The molecule has 0 atom stereocenters. The van der Waals surface area contributed by atoms with E-state index in [4.69, 9.17) is 9.47 Å². The number of carbonyl (C=O) groups is 2. The van der Waals surface area contributed by atoms with Crippen molar-refractivity contribution < 1.29 is 27.8 Å². The summed E-state index contributed by atoms with van der Waals surface area (Å²) in [7, 11) is 0. The normalized spacial score (nSPS) is 11.8. The third-order valence-electron chi connectivity index (χ3n) is 2.31. The number of rotatable bonds is 1. The summed E-state index contributed by atoms with van der Waals surface area (Å²) in [6.45, 7) is 9.69. The first kappa shape index (κ1) is 18.9. The lowest BCUT2D eigenvalue weighted by Gasteiger charge is -2.28. The summed E-state index contributed by atoms with van der Waals surface area (Å²) in [4.78, 5) is 25.1. The number of imide groups is 1. The molecule has 128 valence electrons. The van der Waals surface area contributed by atoms with Crippen molar-refractivity contribution >= 4 is 17.9 Å². The zero-order valence-electron chi connectivity index (χ0n) is 14.1. The van der Waals surface area contributed by atoms with Gasteiger partial charge in [-0.15, -0.1) is 0 Å². The summed E-state index contributed by atoms with van der Waals surface area (Å²) in [5.74, 6) is -2.29. The van der Waals surface area contributed by atoms with Gasteiger partial charge >= 0.3 is 12.2 Å². The lowest BCUT2D eigenvalue weighted by molar-refractivity contribution is 0.0430. The molecule has 0 heterocycles. The van der Waals surface area contributed by atoms with Crippen molar-refractivity contribution in [3.63, 3.8) is 0 Å². The Bertz CT molecular complexity index is 575. The largest absolute Gasteiger partial charge is 0.443 e. The average molecular weight is 329 g/mol. The monoisotopic (exact) mass is 329 g/mol. The fourth-order valence-corrected chi connectivity index (χ4v) is 1.52. The second kappa shape index (κ2) is 6.52. The van der Waals surface area contributed by atoms with Gasteiger partial charge in [-0.2, -0.15) is 4.90 Å². The van der Waals surface area contributed by atoms with Crippen LogP contribution in [-0.4, -0.2) is 23.4 Å². The first-order valence-electron chi connectivity index (χ1n) is 7.01. The van der Waals surface area contributed by atoms with Crippen LogP contribution < -0.4 is 4.90 Å². The van der Waals surface area contributed by atoms with E-state index in [-0.39, 0.29) is 5.69 Å². The molecule has 1 aromatic rings. The maximum Gasteiger partial charge on any atom is 0.424 e. The van der Waals surface area contributed by atoms with Crippen LogP contribution in [0.2, 0.25) is 0 Å². The highest BCUT2D eigenvalue weighted by molar-refractivity contribution is 6.09. The third kappa shape index (κ3) is 5.84. The number of amides is 2. The van der Waals surface area contributed by atoms with Crippen molar-refractivity contribution in [3.8, 4) is 0 Å². The molecule has 0 bridgehead atoms. The predicted octanol–water partition coefficient (Wildman–Crippen LogP) is 4.64. The van der Waals surface area contributed by atoms with E-state index in [2.05, 4.69) is 0 Å². The first-order chi connectivity index (χ1) is 10.3. The number of nitrogens with zero attached hydrogens (tertiary/aromatic N) is 1. The number of anilines is 1. The minimum Gasteiger partial charge on any atom is -0.443 e. The maximum absolute atomic E-state index is 13.4. The fourth-order valence-electron chi connectivity index (χ4n) is 1.52. The van der Waals surface area contributed by atoms with Gasteiger partial charge in [-0.05, 0) is 53.7 Å². The Hall–Kier alpha value is -2.18. The Labute approximate surface area is 134 Å². The molecule has 23 heavy (non-hydrogen) atoms. The molecule has 0 saturated heterocycles. The van der Waals surface area contributed by atoms with E-state index in [1.54, 1.807) is 41.5 Å². The molecule has 0 N–H and O–H groups in total. The number of carbonyl (C=O) groups excluding carboxylic acids is 2. The van der Waals surface area contributed by atoms with Crippen molar-refractivity contribution in [3.05, 3.63) is 29.8 Å². The molecule has 5 nitrogen and oxygen atoms in total. The van der Waals surface area contributed by atoms with E-state index >= 15 is 0 Å². The van der Waals surface area contributed by atoms with Gasteiger partial charge in [0, 0.05) is 6.07 Å². The van der Waals surface area contributed by atoms with E-state index < -0.39 is 35.0 Å². The number of halogens is 2. The number of hydrogen-bond acceptors (Lipinski definition) is 4. The molecule has 0 aromatic heterocycles. The van der Waals surface area contributed by atoms with Gasteiger partial charge in [-0.25, -0.2) is 18.4 Å². The highest BCUT2D eigenvalue weighted by Gasteiger charge is 2.33. The summed E-state index contributed by atoms with van der Waals surface area (Å²) >= 11 is 0. The zero-order chi connectivity index (χ0) is 18.0. The van der Waals surface area contributed by atoms with Crippen LogP contribution in [0.5, 0.6) is 0 Å². The van der Waals surface area contributed by atoms with E-state index in [1.165, 1.54) is 0 Å². The Morgan fingerprint density at radius 2 is 1.30 bits per heavy atom. The third-order valence-corrected chi connectivity index (χ3v) is 2.31. The number of ether oxygens (including phenoxy) is 2. The minimum absolute atomic E-state index is 0.188. The zero-order valence-corrected chi connectivity index (χ0v) is 14.1. The quantitative estimate of drug-likeness (QED) is 0.753. The summed E-state index contributed by atoms with van der Waals surface area (Å²) < 4.78 is 36.8. The van der Waals surface area contributed by atoms with Gasteiger partial charge in [0.05, 0.1) is 5.69 Å². The van der Waals surface area contributed by atoms with Gasteiger partial charge in [-0.3, -0.25) is 0 Å². The minimum atomic E-state index is -1.19. The van der Waals surface area contributed by atoms with Crippen molar-refractivity contribution in [2.45, 2.75) is 52.7 Å². The maximum atomic E-state index is 13.4. The van der Waals surface area contributed by atoms with E-state index in [0.717, 1.165) is 18.2 Å². The molecule has 0 radical (unpaired) electrons. The molecule has 0 aliphatic rings. The van der Waals surface area contributed by atoms with Gasteiger partial charge in [0.2, 0.25) is 0 Å². The molecule has 0 saturated carbocycles. The summed E-state index contributed by atoms with van der Waals surface area (Å²) in [6.07, 6.45) is -2.09. The van der Waals surface area contributed by atoms with E-state index in [9.17, 15) is 18.4 Å². The van der Waals surface area contributed by atoms with E-state index in [1.807, 2.05) is 0 Å². The second-order valence-electron chi connectivity index (χ2n) is 6.89. The molecule has 0 aliphatic heterocycles. The Morgan fingerprint density at radius 1 is 0.870 bits per heavy atom. The Kier molecular flexibility index (Phi) is 5.35. The van der Waals surface area contributed by atoms with E-state index in [0.29, 0.717) is 4.90 Å². The number of hydrogen-bond donors (Lipinski definition) is 0. The van der Waals surface area contributed by atoms with Crippen LogP contribution in [0.3, 0.4) is 0 Å². The molecular weight excluding hydrogens is 308 g/mol. The molecule has 0 aliphatic carbocycles. The lowest BCUT2D eigenvalue weighted by Crippen LogP contribution is -2.43. The van der Waals surface area contributed by atoms with Gasteiger partial charge in [0.15, 0.2) is 11.6 Å². The molecule has 0 fully saturated rings. The topological polar surface area (TPSA) is 55.8 Å². The molecule has 1 aromatic carbocycles. The molecule has 0 spiro atoms. The van der Waals surface area contributed by atoms with Crippen LogP contribution in [0.15, 0.2) is 18.2 Å². The SMILES string of the molecule is CC(C)(C)OC(=O)N(C(=O)OC(C)(C)C)c1ccc(F)c(F)c1. The van der Waals surface area contributed by atoms with Crippen molar-refractivity contribution in [2.24, 2.45) is 0 Å². The van der Waals surface area contributed by atoms with Crippen LogP contribution in [0.25, 0.3) is 0 Å². The Morgan fingerprint density at radius 3 is 1.65 bits per heavy atom. The molecular formula is C16H21F2NO4. The molecule has 0 unspecified atom stereocenters. The van der Waals surface area contributed by atoms with Crippen molar-refractivity contribution in [1.82, 2.24) is 0 Å². The van der Waals surface area contributed by atoms with Crippen LogP contribution in [-0.2, 0) is 9.47 Å². The van der Waals surface area contributed by atoms with Crippen LogP contribution in [0.1, 0.15) is 41.5 Å². The molecule has 1 rings (SSSR count). The van der Waals surface area contributed by atoms with Crippen LogP contribution >= 0.6 is 0 Å². The van der Waals surface area contributed by atoms with Gasteiger partial charge in [0.25, 0.3) is 0 Å². The second-order valence-corrected chi connectivity index (χ2v) is 6.89. The van der Waals surface area contributed by atoms with Crippen LogP contribution in [0, 0.1) is 11.6 Å².